The number of hydrogen-bond acceptors (Lipinski definition) is 2. The zero-order valence-corrected chi connectivity index (χ0v) is 9.87. The Morgan fingerprint density at radius 2 is 2.24 bits per heavy atom. The molecule has 3 N–H and O–H groups in total. The lowest BCUT2D eigenvalue weighted by molar-refractivity contribution is 0.0929. The van der Waals surface area contributed by atoms with E-state index in [1.165, 1.54) is 12.1 Å². The molecule has 1 amide bonds. The molecule has 2 unspecified atom stereocenters. The van der Waals surface area contributed by atoms with Crippen molar-refractivity contribution in [1.29, 1.82) is 0 Å². The molecule has 0 aromatic heterocycles. The molecule has 1 aromatic rings. The van der Waals surface area contributed by atoms with Gasteiger partial charge in [0.15, 0.2) is 0 Å². The first-order chi connectivity index (χ1) is 8.08. The maximum atomic E-state index is 13.2. The maximum absolute atomic E-state index is 13.2. The molecule has 1 aromatic carbocycles. The zero-order chi connectivity index (χ0) is 12.4. The Morgan fingerprint density at radius 1 is 1.47 bits per heavy atom. The van der Waals surface area contributed by atoms with Crippen LogP contribution in [0.25, 0.3) is 0 Å². The zero-order valence-electron chi connectivity index (χ0n) is 9.87. The number of hydrogen-bond donors (Lipinski definition) is 2. The normalized spacial score (nSPS) is 23.6. The molecule has 2 rings (SSSR count). The molecule has 1 fully saturated rings. The average Bonchev–Trinajstić information content (AvgIpc) is 2.68. The van der Waals surface area contributed by atoms with Crippen LogP contribution in [-0.2, 0) is 0 Å². The second kappa shape index (κ2) is 4.73. The highest BCUT2D eigenvalue weighted by Gasteiger charge is 2.25. The van der Waals surface area contributed by atoms with Gasteiger partial charge in [-0.25, -0.2) is 4.39 Å². The summed E-state index contributed by atoms with van der Waals surface area (Å²) in [4.78, 5) is 11.9. The van der Waals surface area contributed by atoms with Crippen LogP contribution in [-0.4, -0.2) is 11.9 Å². The molecule has 17 heavy (non-hydrogen) atoms. The van der Waals surface area contributed by atoms with Gasteiger partial charge >= 0.3 is 0 Å². The second-order valence-electron chi connectivity index (χ2n) is 4.72. The monoisotopic (exact) mass is 236 g/mol. The lowest BCUT2D eigenvalue weighted by atomic mass is 10.1. The van der Waals surface area contributed by atoms with E-state index in [4.69, 9.17) is 5.73 Å². The van der Waals surface area contributed by atoms with Crippen molar-refractivity contribution in [3.8, 4) is 0 Å². The molecule has 2 atom stereocenters. The molecule has 0 saturated heterocycles. The van der Waals surface area contributed by atoms with Crippen molar-refractivity contribution >= 4 is 11.6 Å². The molecule has 92 valence electrons. The number of amides is 1. The Bertz CT molecular complexity index is 433. The Morgan fingerprint density at radius 3 is 2.82 bits per heavy atom. The van der Waals surface area contributed by atoms with Crippen LogP contribution in [0.15, 0.2) is 18.2 Å². The molecule has 3 nitrogen and oxygen atoms in total. The summed E-state index contributed by atoms with van der Waals surface area (Å²) in [7, 11) is 0. The summed E-state index contributed by atoms with van der Waals surface area (Å²) in [5.74, 6) is -0.266. The Hall–Kier alpha value is -1.58. The third-order valence-electron chi connectivity index (χ3n) is 3.44. The van der Waals surface area contributed by atoms with E-state index < -0.39 is 5.82 Å². The van der Waals surface area contributed by atoms with Crippen molar-refractivity contribution in [2.24, 2.45) is 5.92 Å². The van der Waals surface area contributed by atoms with E-state index >= 15 is 0 Å². The minimum absolute atomic E-state index is 0.0655. The molecule has 0 radical (unpaired) electrons. The predicted octanol–water partition coefficient (Wildman–Crippen LogP) is 2.33. The lowest BCUT2D eigenvalue weighted by Crippen LogP contribution is -2.36. The van der Waals surface area contributed by atoms with E-state index in [-0.39, 0.29) is 17.6 Å². The fourth-order valence-corrected chi connectivity index (χ4v) is 2.28. The summed E-state index contributed by atoms with van der Waals surface area (Å²) in [5, 5.41) is 2.95. The largest absolute Gasteiger partial charge is 0.396 e. The van der Waals surface area contributed by atoms with Gasteiger partial charge in [-0.05, 0) is 37.0 Å². The number of nitrogens with two attached hydrogens (primary N) is 1. The first kappa shape index (κ1) is 11.9. The van der Waals surface area contributed by atoms with Crippen LogP contribution < -0.4 is 11.1 Å². The summed E-state index contributed by atoms with van der Waals surface area (Å²) in [6.07, 6.45) is 3.29. The molecule has 1 aliphatic rings. The molecule has 0 spiro atoms. The third kappa shape index (κ3) is 2.57. The molecule has 4 heteroatoms. The Labute approximate surface area is 100 Å². The number of anilines is 1. The first-order valence-electron chi connectivity index (χ1n) is 5.94. The van der Waals surface area contributed by atoms with E-state index in [1.54, 1.807) is 6.07 Å². The minimum atomic E-state index is -0.544. The van der Waals surface area contributed by atoms with Crippen LogP contribution in [0.5, 0.6) is 0 Å². The van der Waals surface area contributed by atoms with E-state index in [2.05, 4.69) is 12.2 Å². The van der Waals surface area contributed by atoms with Crippen molar-refractivity contribution in [1.82, 2.24) is 5.32 Å². The van der Waals surface area contributed by atoms with E-state index in [0.717, 1.165) is 19.3 Å². The highest BCUT2D eigenvalue weighted by molar-refractivity contribution is 5.94. The lowest BCUT2D eigenvalue weighted by Gasteiger charge is -2.17. The van der Waals surface area contributed by atoms with Gasteiger partial charge < -0.3 is 11.1 Å². The molecule has 0 aliphatic heterocycles. The van der Waals surface area contributed by atoms with Crippen molar-refractivity contribution in [2.75, 3.05) is 5.73 Å². The standard InChI is InChI=1S/C13H17FN2O/c1-8-3-2-4-12(8)16-13(17)9-5-6-11(15)10(14)7-9/h5-8,12H,2-4,15H2,1H3,(H,16,17). The van der Waals surface area contributed by atoms with Gasteiger partial charge in [0.1, 0.15) is 5.82 Å². The molecule has 1 saturated carbocycles. The highest BCUT2D eigenvalue weighted by Crippen LogP contribution is 2.25. The van der Waals surface area contributed by atoms with Gasteiger partial charge in [0, 0.05) is 11.6 Å². The van der Waals surface area contributed by atoms with Gasteiger partial charge in [-0.2, -0.15) is 0 Å². The quantitative estimate of drug-likeness (QED) is 0.774. The number of benzene rings is 1. The van der Waals surface area contributed by atoms with Gasteiger partial charge in [0.2, 0.25) is 0 Å². The van der Waals surface area contributed by atoms with Gasteiger partial charge in [0.05, 0.1) is 5.69 Å². The van der Waals surface area contributed by atoms with Crippen LogP contribution in [0, 0.1) is 11.7 Å². The molecular weight excluding hydrogens is 219 g/mol. The minimum Gasteiger partial charge on any atom is -0.396 e. The predicted molar refractivity (Wildman–Crippen MR) is 65.1 cm³/mol. The average molecular weight is 236 g/mol. The summed E-state index contributed by atoms with van der Waals surface area (Å²) in [6.45, 7) is 2.13. The summed E-state index contributed by atoms with van der Waals surface area (Å²) in [6, 6.07) is 4.36. The second-order valence-corrected chi connectivity index (χ2v) is 4.72. The van der Waals surface area contributed by atoms with E-state index in [0.29, 0.717) is 11.5 Å². The number of nitrogen functional groups attached to an aromatic ring is 1. The van der Waals surface area contributed by atoms with Gasteiger partial charge in [-0.15, -0.1) is 0 Å². The molecular formula is C13H17FN2O. The van der Waals surface area contributed by atoms with Crippen molar-refractivity contribution in [3.63, 3.8) is 0 Å². The number of halogens is 1. The van der Waals surface area contributed by atoms with Crippen LogP contribution in [0.1, 0.15) is 36.5 Å². The molecule has 1 aliphatic carbocycles. The smallest absolute Gasteiger partial charge is 0.251 e. The van der Waals surface area contributed by atoms with Gasteiger partial charge in [0.25, 0.3) is 5.91 Å². The Kier molecular flexibility index (Phi) is 3.31. The van der Waals surface area contributed by atoms with Gasteiger partial charge in [-0.3, -0.25) is 4.79 Å². The summed E-state index contributed by atoms with van der Waals surface area (Å²) in [5.41, 5.74) is 5.76. The van der Waals surface area contributed by atoms with Crippen molar-refractivity contribution < 1.29 is 9.18 Å². The van der Waals surface area contributed by atoms with Crippen LogP contribution >= 0.6 is 0 Å². The number of rotatable bonds is 2. The Balaban J connectivity index is 2.06. The SMILES string of the molecule is CC1CCCC1NC(=O)c1ccc(N)c(F)c1. The van der Waals surface area contributed by atoms with E-state index in [9.17, 15) is 9.18 Å². The highest BCUT2D eigenvalue weighted by atomic mass is 19.1. The number of carbonyl (C=O) groups excluding carboxylic acids is 1. The molecule has 0 bridgehead atoms. The van der Waals surface area contributed by atoms with E-state index in [1.807, 2.05) is 0 Å². The van der Waals surface area contributed by atoms with Crippen LogP contribution in [0.3, 0.4) is 0 Å². The topological polar surface area (TPSA) is 55.1 Å². The maximum Gasteiger partial charge on any atom is 0.251 e. The van der Waals surface area contributed by atoms with Crippen LogP contribution in [0.2, 0.25) is 0 Å². The third-order valence-corrected chi connectivity index (χ3v) is 3.44. The fraction of sp³-hybridized carbons (Fsp3) is 0.462. The van der Waals surface area contributed by atoms with Crippen LogP contribution in [0.4, 0.5) is 10.1 Å². The van der Waals surface area contributed by atoms with Crippen molar-refractivity contribution in [3.05, 3.63) is 29.6 Å². The first-order valence-corrected chi connectivity index (χ1v) is 5.94. The van der Waals surface area contributed by atoms with Crippen molar-refractivity contribution in [2.45, 2.75) is 32.2 Å². The fourth-order valence-electron chi connectivity index (χ4n) is 2.28. The summed E-state index contributed by atoms with van der Waals surface area (Å²) < 4.78 is 13.2. The number of nitrogens with one attached hydrogen (secondary N) is 1. The molecule has 0 heterocycles. The number of carbonyl (C=O) groups is 1. The summed E-state index contributed by atoms with van der Waals surface area (Å²) >= 11 is 0. The van der Waals surface area contributed by atoms with Gasteiger partial charge in [-0.1, -0.05) is 13.3 Å².